The molecule has 0 aromatic carbocycles. The number of nitriles is 1. The molecule has 0 amide bonds. The first-order valence-corrected chi connectivity index (χ1v) is 7.23. The molecule has 0 aliphatic heterocycles. The van der Waals surface area contributed by atoms with Gasteiger partial charge in [0.15, 0.2) is 0 Å². The summed E-state index contributed by atoms with van der Waals surface area (Å²) in [6, 6.07) is 2.11. The van der Waals surface area contributed by atoms with Crippen LogP contribution in [0.4, 0.5) is 0 Å². The molecule has 2 nitrogen and oxygen atoms in total. The fourth-order valence-electron chi connectivity index (χ4n) is 2.17. The summed E-state index contributed by atoms with van der Waals surface area (Å²) in [6.07, 6.45) is 8.30. The summed E-state index contributed by atoms with van der Waals surface area (Å²) in [5.41, 5.74) is 0. The molecule has 0 radical (unpaired) electrons. The number of hydrogen-bond donors (Lipinski definition) is 0. The molecule has 0 unspecified atom stereocenters. The van der Waals surface area contributed by atoms with Crippen LogP contribution in [0.2, 0.25) is 0 Å². The van der Waals surface area contributed by atoms with Crippen molar-refractivity contribution in [3.05, 3.63) is 0 Å². The van der Waals surface area contributed by atoms with Crippen molar-refractivity contribution in [1.82, 2.24) is 0 Å². The molecule has 0 aliphatic rings. The third-order valence-corrected chi connectivity index (χ3v) is 3.50. The summed E-state index contributed by atoms with van der Waals surface area (Å²) in [6.45, 7) is 8.23. The van der Waals surface area contributed by atoms with Gasteiger partial charge in [-0.15, -0.1) is 0 Å². The van der Waals surface area contributed by atoms with Crippen LogP contribution in [0.3, 0.4) is 0 Å². The van der Waals surface area contributed by atoms with Crippen molar-refractivity contribution in [1.29, 1.82) is 5.26 Å². The maximum Gasteiger partial charge on any atom is 0.0645 e. The van der Waals surface area contributed by atoms with Crippen molar-refractivity contribution in [2.45, 2.75) is 65.7 Å². The highest BCUT2D eigenvalue weighted by Gasteiger charge is 2.13. The summed E-state index contributed by atoms with van der Waals surface area (Å²) >= 11 is 0. The number of ether oxygens (including phenoxy) is 1. The monoisotopic (exact) mass is 239 g/mol. The van der Waals surface area contributed by atoms with Crippen LogP contribution >= 0.6 is 0 Å². The maximum absolute atomic E-state index is 8.44. The number of nitrogens with zero attached hydrogens (tertiary/aromatic N) is 1. The van der Waals surface area contributed by atoms with E-state index in [-0.39, 0.29) is 0 Å². The van der Waals surface area contributed by atoms with Gasteiger partial charge in [-0.3, -0.25) is 0 Å². The zero-order chi connectivity index (χ0) is 12.9. The Balaban J connectivity index is 3.79. The van der Waals surface area contributed by atoms with E-state index in [1.54, 1.807) is 0 Å². The average Bonchev–Trinajstić information content (AvgIpc) is 2.37. The number of unbranched alkanes of at least 4 members (excludes halogenated alkanes) is 1. The third-order valence-electron chi connectivity index (χ3n) is 3.50. The van der Waals surface area contributed by atoms with Gasteiger partial charge in [-0.05, 0) is 18.3 Å². The highest BCUT2D eigenvalue weighted by molar-refractivity contribution is 4.68. The second-order valence-corrected chi connectivity index (χ2v) is 4.91. The van der Waals surface area contributed by atoms with Crippen molar-refractivity contribution in [2.24, 2.45) is 11.8 Å². The number of hydrogen-bond acceptors (Lipinski definition) is 2. The first kappa shape index (κ1) is 16.4. The van der Waals surface area contributed by atoms with Gasteiger partial charge < -0.3 is 4.74 Å². The van der Waals surface area contributed by atoms with E-state index in [1.165, 1.54) is 38.5 Å². The molecule has 2 heteroatoms. The highest BCUT2D eigenvalue weighted by Crippen LogP contribution is 2.23. The van der Waals surface area contributed by atoms with Gasteiger partial charge in [0.25, 0.3) is 0 Å². The zero-order valence-corrected chi connectivity index (χ0v) is 11.9. The summed E-state index contributed by atoms with van der Waals surface area (Å²) in [5, 5.41) is 8.44. The predicted octanol–water partition coefficient (Wildman–Crippen LogP) is 4.55. The Kier molecular flexibility index (Phi) is 11.5. The highest BCUT2D eigenvalue weighted by atomic mass is 16.5. The third kappa shape index (κ3) is 9.18. The number of rotatable bonds is 11. The van der Waals surface area contributed by atoms with E-state index in [0.717, 1.165) is 12.5 Å². The van der Waals surface area contributed by atoms with Crippen LogP contribution in [0.25, 0.3) is 0 Å². The van der Waals surface area contributed by atoms with Crippen molar-refractivity contribution in [2.75, 3.05) is 13.2 Å². The van der Waals surface area contributed by atoms with Crippen molar-refractivity contribution >= 4 is 0 Å². The van der Waals surface area contributed by atoms with E-state index in [0.29, 0.717) is 18.9 Å². The Morgan fingerprint density at radius 2 is 1.82 bits per heavy atom. The average molecular weight is 239 g/mol. The Labute approximate surface area is 107 Å². The van der Waals surface area contributed by atoms with E-state index < -0.39 is 0 Å². The van der Waals surface area contributed by atoms with Crippen molar-refractivity contribution in [3.8, 4) is 6.07 Å². The van der Waals surface area contributed by atoms with Crippen LogP contribution in [0.1, 0.15) is 65.7 Å². The Hall–Kier alpha value is -0.550. The first-order chi connectivity index (χ1) is 8.28. The molecule has 0 N–H and O–H groups in total. The second-order valence-electron chi connectivity index (χ2n) is 4.91. The molecule has 0 heterocycles. The Bertz CT molecular complexity index is 198. The maximum atomic E-state index is 8.44. The molecule has 0 aliphatic carbocycles. The van der Waals surface area contributed by atoms with Crippen LogP contribution in [0.5, 0.6) is 0 Å². The fraction of sp³-hybridized carbons (Fsp3) is 0.933. The smallest absolute Gasteiger partial charge is 0.0645 e. The van der Waals surface area contributed by atoms with E-state index in [4.69, 9.17) is 10.00 Å². The van der Waals surface area contributed by atoms with Crippen molar-refractivity contribution < 1.29 is 4.74 Å². The minimum atomic E-state index is 0.517. The summed E-state index contributed by atoms with van der Waals surface area (Å²) in [4.78, 5) is 0. The van der Waals surface area contributed by atoms with Gasteiger partial charge in [-0.25, -0.2) is 0 Å². The summed E-state index contributed by atoms with van der Waals surface area (Å²) in [7, 11) is 0. The molecule has 0 saturated heterocycles. The molecule has 0 spiro atoms. The van der Waals surface area contributed by atoms with Gasteiger partial charge in [0.1, 0.15) is 0 Å². The van der Waals surface area contributed by atoms with Gasteiger partial charge in [0, 0.05) is 6.61 Å². The molecule has 0 fully saturated rings. The van der Waals surface area contributed by atoms with E-state index >= 15 is 0 Å². The lowest BCUT2D eigenvalue weighted by molar-refractivity contribution is 0.0909. The normalized spacial score (nSPS) is 14.2. The van der Waals surface area contributed by atoms with Crippen LogP contribution in [-0.2, 0) is 4.74 Å². The van der Waals surface area contributed by atoms with E-state index in [2.05, 4.69) is 26.8 Å². The molecule has 17 heavy (non-hydrogen) atoms. The zero-order valence-electron chi connectivity index (χ0n) is 11.9. The standard InChI is InChI=1S/C15H29NO/c1-4-7-9-14(5-2)12-15(6-3)13-17-11-8-10-16/h14-15H,4-9,11-13H2,1-3H3/t14-,15+/m1/s1. The SMILES string of the molecule is CCCC[C@@H](CC)C[C@H](CC)COCCC#N. The van der Waals surface area contributed by atoms with Gasteiger partial charge in [0.2, 0.25) is 0 Å². The van der Waals surface area contributed by atoms with Crippen LogP contribution < -0.4 is 0 Å². The molecule has 0 aromatic rings. The van der Waals surface area contributed by atoms with E-state index in [9.17, 15) is 0 Å². The van der Waals surface area contributed by atoms with Gasteiger partial charge >= 0.3 is 0 Å². The molecule has 0 bridgehead atoms. The lowest BCUT2D eigenvalue weighted by atomic mass is 9.88. The largest absolute Gasteiger partial charge is 0.380 e. The Morgan fingerprint density at radius 3 is 2.35 bits per heavy atom. The predicted molar refractivity (Wildman–Crippen MR) is 72.8 cm³/mol. The summed E-state index contributed by atoms with van der Waals surface area (Å²) in [5.74, 6) is 1.54. The van der Waals surface area contributed by atoms with Crippen molar-refractivity contribution in [3.63, 3.8) is 0 Å². The van der Waals surface area contributed by atoms with Crippen LogP contribution in [0.15, 0.2) is 0 Å². The lowest BCUT2D eigenvalue weighted by Gasteiger charge is -2.21. The topological polar surface area (TPSA) is 33.0 Å². The summed E-state index contributed by atoms with van der Waals surface area (Å²) < 4.78 is 5.55. The molecule has 2 atom stereocenters. The van der Waals surface area contributed by atoms with Gasteiger partial charge in [0.05, 0.1) is 19.1 Å². The lowest BCUT2D eigenvalue weighted by Crippen LogP contribution is -2.14. The molecule has 0 aromatic heterocycles. The second kappa shape index (κ2) is 11.9. The van der Waals surface area contributed by atoms with Gasteiger partial charge in [-0.1, -0.05) is 52.9 Å². The van der Waals surface area contributed by atoms with Crippen LogP contribution in [0, 0.1) is 23.2 Å². The molecular formula is C15H29NO. The quantitative estimate of drug-likeness (QED) is 0.496. The molecule has 0 rings (SSSR count). The van der Waals surface area contributed by atoms with E-state index in [1.807, 2.05) is 0 Å². The molecule has 100 valence electrons. The van der Waals surface area contributed by atoms with Gasteiger partial charge in [-0.2, -0.15) is 5.26 Å². The molecule has 0 saturated carbocycles. The minimum Gasteiger partial charge on any atom is -0.380 e. The Morgan fingerprint density at radius 1 is 1.12 bits per heavy atom. The minimum absolute atomic E-state index is 0.517. The fourth-order valence-corrected chi connectivity index (χ4v) is 2.17. The first-order valence-electron chi connectivity index (χ1n) is 7.23. The van der Waals surface area contributed by atoms with Crippen LogP contribution in [-0.4, -0.2) is 13.2 Å². The molecular weight excluding hydrogens is 210 g/mol.